The average Bonchev–Trinajstić information content (AvgIpc) is 2.48. The van der Waals surface area contributed by atoms with Crippen LogP contribution < -0.4 is 9.47 Å². The van der Waals surface area contributed by atoms with Crippen LogP contribution in [0.5, 0.6) is 11.5 Å². The zero-order valence-corrected chi connectivity index (χ0v) is 11.7. The van der Waals surface area contributed by atoms with E-state index < -0.39 is 0 Å². The zero-order chi connectivity index (χ0) is 14.5. The molecule has 2 rings (SSSR count). The first-order valence-electron chi connectivity index (χ1n) is 6.60. The molecule has 0 aromatic heterocycles. The smallest absolute Gasteiger partial charge is 0.314 e. The summed E-state index contributed by atoms with van der Waals surface area (Å²) >= 11 is 0. The summed E-state index contributed by atoms with van der Waals surface area (Å²) in [6, 6.07) is 4.79. The minimum absolute atomic E-state index is 0.0643. The third kappa shape index (κ3) is 3.36. The number of benzene rings is 1. The Morgan fingerprint density at radius 1 is 1.20 bits per heavy atom. The summed E-state index contributed by atoms with van der Waals surface area (Å²) in [5.74, 6) is 0.251. The number of hydrogen-bond acceptors (Lipinski definition) is 5. The molecule has 0 aliphatic carbocycles. The van der Waals surface area contributed by atoms with E-state index in [1.807, 2.05) is 0 Å². The summed E-state index contributed by atoms with van der Waals surface area (Å²) in [5.41, 5.74) is 0.521. The van der Waals surface area contributed by atoms with E-state index in [0.717, 1.165) is 0 Å². The van der Waals surface area contributed by atoms with E-state index in [1.165, 1.54) is 14.0 Å². The van der Waals surface area contributed by atoms with Gasteiger partial charge in [0.05, 0.1) is 13.0 Å². The van der Waals surface area contributed by atoms with Crippen molar-refractivity contribution in [2.24, 2.45) is 5.92 Å². The van der Waals surface area contributed by atoms with Crippen LogP contribution in [-0.2, 0) is 9.53 Å². The molecule has 0 bridgehead atoms. The molecule has 0 saturated carbocycles. The maximum absolute atomic E-state index is 12.1. The van der Waals surface area contributed by atoms with Crippen molar-refractivity contribution in [3.05, 3.63) is 23.8 Å². The summed E-state index contributed by atoms with van der Waals surface area (Å²) in [6.45, 7) is 2.64. The first kappa shape index (κ1) is 14.5. The van der Waals surface area contributed by atoms with E-state index in [1.54, 1.807) is 18.2 Å². The van der Waals surface area contributed by atoms with Gasteiger partial charge in [-0.3, -0.25) is 9.59 Å². The Morgan fingerprint density at radius 3 is 2.50 bits per heavy atom. The third-order valence-corrected chi connectivity index (χ3v) is 3.34. The number of esters is 1. The van der Waals surface area contributed by atoms with Crippen molar-refractivity contribution in [3.63, 3.8) is 0 Å². The number of ketones is 1. The maximum atomic E-state index is 12.1. The molecule has 0 N–H and O–H groups in total. The van der Waals surface area contributed by atoms with E-state index >= 15 is 0 Å². The van der Waals surface area contributed by atoms with E-state index in [2.05, 4.69) is 0 Å². The van der Waals surface area contributed by atoms with Gasteiger partial charge in [0.1, 0.15) is 0 Å². The van der Waals surface area contributed by atoms with Crippen molar-refractivity contribution in [1.29, 1.82) is 0 Å². The average molecular weight is 278 g/mol. The molecule has 1 aromatic rings. The minimum Gasteiger partial charge on any atom is -0.493 e. The second-order valence-electron chi connectivity index (χ2n) is 4.73. The van der Waals surface area contributed by atoms with Gasteiger partial charge >= 0.3 is 5.97 Å². The van der Waals surface area contributed by atoms with Crippen LogP contribution in [0.1, 0.15) is 30.1 Å². The van der Waals surface area contributed by atoms with Crippen molar-refractivity contribution in [3.8, 4) is 11.5 Å². The van der Waals surface area contributed by atoms with Crippen LogP contribution in [0.4, 0.5) is 0 Å². The van der Waals surface area contributed by atoms with Crippen molar-refractivity contribution in [2.75, 3.05) is 20.3 Å². The number of carbonyl (C=O) groups is 2. The zero-order valence-electron chi connectivity index (χ0n) is 11.7. The minimum atomic E-state index is -0.276. The molecule has 0 unspecified atom stereocenters. The van der Waals surface area contributed by atoms with Crippen LogP contribution in [0.3, 0.4) is 0 Å². The van der Waals surface area contributed by atoms with Gasteiger partial charge in [-0.2, -0.15) is 0 Å². The molecule has 20 heavy (non-hydrogen) atoms. The highest BCUT2D eigenvalue weighted by Gasteiger charge is 2.24. The van der Waals surface area contributed by atoms with E-state index in [0.29, 0.717) is 43.1 Å². The molecule has 1 heterocycles. The SMILES string of the molecule is COc1cc(C(C)=O)ccc1OC(=O)C1CCOCC1. The second kappa shape index (κ2) is 6.52. The Labute approximate surface area is 117 Å². The maximum Gasteiger partial charge on any atom is 0.314 e. The van der Waals surface area contributed by atoms with E-state index in [9.17, 15) is 9.59 Å². The summed E-state index contributed by atoms with van der Waals surface area (Å²) < 4.78 is 15.8. The Kier molecular flexibility index (Phi) is 4.74. The fraction of sp³-hybridized carbons (Fsp3) is 0.467. The predicted octanol–water partition coefficient (Wildman–Crippen LogP) is 2.23. The van der Waals surface area contributed by atoms with Crippen LogP contribution in [-0.4, -0.2) is 32.1 Å². The van der Waals surface area contributed by atoms with Gasteiger partial charge in [-0.15, -0.1) is 0 Å². The molecule has 1 aliphatic heterocycles. The van der Waals surface area contributed by atoms with Crippen molar-refractivity contribution < 1.29 is 23.8 Å². The summed E-state index contributed by atoms with van der Waals surface area (Å²) in [5, 5.41) is 0. The fourth-order valence-corrected chi connectivity index (χ4v) is 2.10. The molecule has 0 spiro atoms. The molecular weight excluding hydrogens is 260 g/mol. The molecule has 1 saturated heterocycles. The summed E-state index contributed by atoms with van der Waals surface area (Å²) in [4.78, 5) is 23.4. The number of carbonyl (C=O) groups excluding carboxylic acids is 2. The molecule has 0 amide bonds. The lowest BCUT2D eigenvalue weighted by Crippen LogP contribution is -2.27. The van der Waals surface area contributed by atoms with Crippen molar-refractivity contribution in [1.82, 2.24) is 0 Å². The predicted molar refractivity (Wildman–Crippen MR) is 72.2 cm³/mol. The molecule has 5 heteroatoms. The quantitative estimate of drug-likeness (QED) is 0.480. The van der Waals surface area contributed by atoms with Gasteiger partial charge < -0.3 is 14.2 Å². The van der Waals surface area contributed by atoms with Gasteiger partial charge in [0.25, 0.3) is 0 Å². The topological polar surface area (TPSA) is 61.8 Å². The third-order valence-electron chi connectivity index (χ3n) is 3.34. The lowest BCUT2D eigenvalue weighted by Gasteiger charge is -2.20. The first-order valence-corrected chi connectivity index (χ1v) is 6.60. The van der Waals surface area contributed by atoms with Crippen molar-refractivity contribution >= 4 is 11.8 Å². The Balaban J connectivity index is 2.11. The molecule has 1 fully saturated rings. The van der Waals surface area contributed by atoms with Gasteiger partial charge in [-0.1, -0.05) is 0 Å². The molecule has 5 nitrogen and oxygen atoms in total. The highest BCUT2D eigenvalue weighted by Crippen LogP contribution is 2.30. The number of hydrogen-bond donors (Lipinski definition) is 0. The van der Waals surface area contributed by atoms with Gasteiger partial charge in [-0.25, -0.2) is 0 Å². The number of ether oxygens (including phenoxy) is 3. The largest absolute Gasteiger partial charge is 0.493 e. The van der Waals surface area contributed by atoms with Crippen LogP contribution in [0.15, 0.2) is 18.2 Å². The fourth-order valence-electron chi connectivity index (χ4n) is 2.10. The van der Waals surface area contributed by atoms with Crippen molar-refractivity contribution in [2.45, 2.75) is 19.8 Å². The Morgan fingerprint density at radius 2 is 1.90 bits per heavy atom. The summed E-state index contributed by atoms with van der Waals surface area (Å²) in [6.07, 6.45) is 1.35. The van der Waals surface area contributed by atoms with Crippen LogP contribution in [0, 0.1) is 5.92 Å². The standard InChI is InChI=1S/C15H18O5/c1-10(16)12-3-4-13(14(9-12)18-2)20-15(17)11-5-7-19-8-6-11/h3-4,9,11H,5-8H2,1-2H3. The summed E-state index contributed by atoms with van der Waals surface area (Å²) in [7, 11) is 1.48. The van der Waals surface area contributed by atoms with Gasteiger partial charge in [-0.05, 0) is 38.0 Å². The lowest BCUT2D eigenvalue weighted by molar-refractivity contribution is -0.142. The molecule has 0 atom stereocenters. The highest BCUT2D eigenvalue weighted by atomic mass is 16.6. The number of Topliss-reactive ketones (excluding diaryl/α,β-unsaturated/α-hetero) is 1. The Hall–Kier alpha value is -1.88. The van der Waals surface area contributed by atoms with Crippen LogP contribution in [0.2, 0.25) is 0 Å². The van der Waals surface area contributed by atoms with E-state index in [-0.39, 0.29) is 17.7 Å². The Bertz CT molecular complexity index is 503. The first-order chi connectivity index (χ1) is 9.61. The lowest BCUT2D eigenvalue weighted by atomic mass is 10.0. The molecule has 0 radical (unpaired) electrons. The molecule has 1 aliphatic rings. The van der Waals surface area contributed by atoms with Gasteiger partial charge in [0.15, 0.2) is 17.3 Å². The van der Waals surface area contributed by atoms with Crippen LogP contribution >= 0.6 is 0 Å². The second-order valence-corrected chi connectivity index (χ2v) is 4.73. The van der Waals surface area contributed by atoms with Gasteiger partial charge in [0, 0.05) is 18.8 Å². The molecular formula is C15H18O5. The highest BCUT2D eigenvalue weighted by molar-refractivity contribution is 5.94. The van der Waals surface area contributed by atoms with E-state index in [4.69, 9.17) is 14.2 Å². The molecule has 108 valence electrons. The monoisotopic (exact) mass is 278 g/mol. The number of methoxy groups -OCH3 is 1. The number of rotatable bonds is 4. The van der Waals surface area contributed by atoms with Gasteiger partial charge in [0.2, 0.25) is 0 Å². The normalized spacial score (nSPS) is 15.7. The molecule has 1 aromatic carbocycles. The van der Waals surface area contributed by atoms with Crippen LogP contribution in [0.25, 0.3) is 0 Å².